The highest BCUT2D eigenvalue weighted by Crippen LogP contribution is 2.30. The summed E-state index contributed by atoms with van der Waals surface area (Å²) in [6.07, 6.45) is 2.04. The summed E-state index contributed by atoms with van der Waals surface area (Å²) in [5.41, 5.74) is 2.38. The molecule has 0 unspecified atom stereocenters. The molecule has 2 heterocycles. The molecule has 0 bridgehead atoms. The van der Waals surface area contributed by atoms with Crippen LogP contribution < -0.4 is 5.32 Å². The van der Waals surface area contributed by atoms with Crippen molar-refractivity contribution < 1.29 is 14.3 Å². The summed E-state index contributed by atoms with van der Waals surface area (Å²) < 4.78 is 7.24. The number of ether oxygens (including phenoxy) is 1. The van der Waals surface area contributed by atoms with Crippen LogP contribution in [0.3, 0.4) is 0 Å². The van der Waals surface area contributed by atoms with Gasteiger partial charge in [0.25, 0.3) is 0 Å². The summed E-state index contributed by atoms with van der Waals surface area (Å²) in [5.74, 6) is -0.354. The van der Waals surface area contributed by atoms with Crippen LogP contribution in [0.4, 0.5) is 0 Å². The second-order valence-corrected chi connectivity index (χ2v) is 6.47. The largest absolute Gasteiger partial charge is 0.459 e. The van der Waals surface area contributed by atoms with E-state index in [0.717, 1.165) is 21.0 Å². The van der Waals surface area contributed by atoms with E-state index in [4.69, 9.17) is 4.74 Å². The van der Waals surface area contributed by atoms with Crippen molar-refractivity contribution in [3.8, 4) is 0 Å². The molecule has 0 atom stereocenters. The minimum atomic E-state index is -0.308. The molecule has 0 radical (unpaired) electrons. The van der Waals surface area contributed by atoms with E-state index in [1.54, 1.807) is 7.05 Å². The Morgan fingerprint density at radius 3 is 2.62 bits per heavy atom. The number of aromatic nitrogens is 1. The number of carbonyl (C=O) groups excluding carboxylic acids is 2. The number of likely N-dealkylation sites (N-methyl/N-ethyl adjacent to an activating group) is 1. The first-order valence-corrected chi connectivity index (χ1v) is 7.68. The van der Waals surface area contributed by atoms with E-state index in [0.29, 0.717) is 12.0 Å². The van der Waals surface area contributed by atoms with Gasteiger partial charge in [-0.05, 0) is 33.3 Å². The number of rotatable bonds is 4. The smallest absolute Gasteiger partial charge is 0.341 e. The van der Waals surface area contributed by atoms with Gasteiger partial charge in [-0.1, -0.05) is 0 Å². The third-order valence-corrected chi connectivity index (χ3v) is 4.39. The fraction of sp³-hybridized carbons (Fsp3) is 0.467. The lowest BCUT2D eigenvalue weighted by Crippen LogP contribution is -2.21. The van der Waals surface area contributed by atoms with E-state index in [2.05, 4.69) is 5.32 Å². The topological polar surface area (TPSA) is 59.8 Å². The molecule has 1 N–H and O–H groups in total. The number of hydrogen-bond donors (Lipinski definition) is 1. The second kappa shape index (κ2) is 5.89. The molecule has 0 aromatic carbocycles. The minimum absolute atomic E-state index is 0.0459. The lowest BCUT2D eigenvalue weighted by molar-refractivity contribution is -0.120. The van der Waals surface area contributed by atoms with Crippen LogP contribution in [0.2, 0.25) is 0 Å². The van der Waals surface area contributed by atoms with Gasteiger partial charge in [0.1, 0.15) is 4.83 Å². The predicted octanol–water partition coefficient (Wildman–Crippen LogP) is 2.47. The minimum Gasteiger partial charge on any atom is -0.459 e. The van der Waals surface area contributed by atoms with Crippen LogP contribution in [0, 0.1) is 13.8 Å². The molecule has 0 saturated heterocycles. The highest BCUT2D eigenvalue weighted by atomic mass is 32.1. The van der Waals surface area contributed by atoms with Gasteiger partial charge in [0, 0.05) is 23.8 Å². The van der Waals surface area contributed by atoms with Crippen molar-refractivity contribution in [3.05, 3.63) is 27.9 Å². The molecule has 0 aliphatic heterocycles. The maximum absolute atomic E-state index is 12.2. The summed E-state index contributed by atoms with van der Waals surface area (Å²) in [7, 11) is 1.62. The summed E-state index contributed by atoms with van der Waals surface area (Å²) in [5, 5.41) is 2.63. The SMILES string of the molecule is CNC(=O)Cc1c(C)sc2c(C(=O)OC(C)C)c(C)cn12. The van der Waals surface area contributed by atoms with Crippen molar-refractivity contribution in [1.82, 2.24) is 9.72 Å². The average Bonchev–Trinajstić information content (AvgIpc) is 2.84. The lowest BCUT2D eigenvalue weighted by atomic mass is 10.2. The summed E-state index contributed by atoms with van der Waals surface area (Å²) >= 11 is 1.52. The van der Waals surface area contributed by atoms with Crippen LogP contribution >= 0.6 is 11.3 Å². The Bertz CT molecular complexity index is 697. The maximum Gasteiger partial charge on any atom is 0.341 e. The molecule has 0 aliphatic rings. The predicted molar refractivity (Wildman–Crippen MR) is 83.1 cm³/mol. The van der Waals surface area contributed by atoms with Gasteiger partial charge in [0.2, 0.25) is 5.91 Å². The number of amides is 1. The van der Waals surface area contributed by atoms with E-state index in [9.17, 15) is 9.59 Å². The van der Waals surface area contributed by atoms with Crippen molar-refractivity contribution in [2.24, 2.45) is 0 Å². The zero-order valence-electron chi connectivity index (χ0n) is 12.9. The van der Waals surface area contributed by atoms with E-state index >= 15 is 0 Å². The van der Waals surface area contributed by atoms with Gasteiger partial charge in [-0.2, -0.15) is 0 Å². The molecule has 0 aliphatic carbocycles. The summed E-state index contributed by atoms with van der Waals surface area (Å²) in [6.45, 7) is 7.51. The fourth-order valence-electron chi connectivity index (χ4n) is 2.25. The zero-order valence-corrected chi connectivity index (χ0v) is 13.8. The Morgan fingerprint density at radius 1 is 1.38 bits per heavy atom. The first-order chi connectivity index (χ1) is 9.85. The van der Waals surface area contributed by atoms with E-state index < -0.39 is 0 Å². The molecule has 1 amide bonds. The standard InChI is InChI=1S/C15H20N2O3S/c1-8(2)20-15(19)13-9(3)7-17-11(6-12(18)16-5)10(4)21-14(13)17/h7-8H,6H2,1-5H3,(H,16,18). The molecule has 114 valence electrons. The van der Waals surface area contributed by atoms with Crippen molar-refractivity contribution in [1.29, 1.82) is 0 Å². The molecule has 2 aromatic rings. The van der Waals surface area contributed by atoms with Gasteiger partial charge in [0.05, 0.1) is 18.1 Å². The highest BCUT2D eigenvalue weighted by molar-refractivity contribution is 7.18. The van der Waals surface area contributed by atoms with Crippen LogP contribution in [0.1, 0.15) is 40.3 Å². The normalized spacial score (nSPS) is 11.1. The van der Waals surface area contributed by atoms with Crippen molar-refractivity contribution in [2.75, 3.05) is 7.05 Å². The lowest BCUT2D eigenvalue weighted by Gasteiger charge is -2.07. The molecular weight excluding hydrogens is 288 g/mol. The van der Waals surface area contributed by atoms with Crippen LogP contribution in [0.5, 0.6) is 0 Å². The Balaban J connectivity index is 2.50. The molecule has 2 aromatic heterocycles. The third kappa shape index (κ3) is 2.95. The Morgan fingerprint density at radius 2 is 2.05 bits per heavy atom. The van der Waals surface area contributed by atoms with Gasteiger partial charge < -0.3 is 14.5 Å². The number of esters is 1. The number of nitrogens with one attached hydrogen (secondary N) is 1. The van der Waals surface area contributed by atoms with Crippen molar-refractivity contribution >= 4 is 28.0 Å². The number of nitrogens with zero attached hydrogens (tertiary/aromatic N) is 1. The fourth-order valence-corrected chi connectivity index (χ4v) is 3.44. The van der Waals surface area contributed by atoms with Crippen molar-refractivity contribution in [3.63, 3.8) is 0 Å². The maximum atomic E-state index is 12.2. The zero-order chi connectivity index (χ0) is 15.7. The molecule has 6 heteroatoms. The van der Waals surface area contributed by atoms with Gasteiger partial charge in [-0.3, -0.25) is 4.79 Å². The molecule has 0 fully saturated rings. The highest BCUT2D eigenvalue weighted by Gasteiger charge is 2.23. The Hall–Kier alpha value is -1.82. The van der Waals surface area contributed by atoms with Crippen LogP contribution in [-0.4, -0.2) is 29.4 Å². The number of thiazole rings is 1. The molecule has 5 nitrogen and oxygen atoms in total. The van der Waals surface area contributed by atoms with Gasteiger partial charge in [-0.15, -0.1) is 11.3 Å². The summed E-state index contributed by atoms with van der Waals surface area (Å²) in [6, 6.07) is 0. The van der Waals surface area contributed by atoms with Crippen LogP contribution in [-0.2, 0) is 16.0 Å². The van der Waals surface area contributed by atoms with Crippen LogP contribution in [0.25, 0.3) is 4.83 Å². The van der Waals surface area contributed by atoms with Gasteiger partial charge in [-0.25, -0.2) is 4.79 Å². The van der Waals surface area contributed by atoms with E-state index in [1.165, 1.54) is 11.3 Å². The second-order valence-electron chi connectivity index (χ2n) is 5.27. The average molecular weight is 308 g/mol. The number of hydrogen-bond acceptors (Lipinski definition) is 4. The number of aryl methyl sites for hydroxylation is 2. The molecule has 21 heavy (non-hydrogen) atoms. The molecule has 2 rings (SSSR count). The quantitative estimate of drug-likeness (QED) is 0.883. The monoisotopic (exact) mass is 308 g/mol. The number of fused-ring (bicyclic) bond motifs is 1. The molecular formula is C15H20N2O3S. The summed E-state index contributed by atoms with van der Waals surface area (Å²) in [4.78, 5) is 25.8. The molecule has 0 saturated carbocycles. The van der Waals surface area contributed by atoms with Gasteiger partial charge >= 0.3 is 5.97 Å². The van der Waals surface area contributed by atoms with E-state index in [1.807, 2.05) is 38.3 Å². The third-order valence-electron chi connectivity index (χ3n) is 3.25. The first kappa shape index (κ1) is 15.6. The Labute approximate surface area is 127 Å². The van der Waals surface area contributed by atoms with Crippen molar-refractivity contribution in [2.45, 2.75) is 40.2 Å². The first-order valence-electron chi connectivity index (χ1n) is 6.86. The van der Waals surface area contributed by atoms with Gasteiger partial charge in [0.15, 0.2) is 0 Å². The van der Waals surface area contributed by atoms with E-state index in [-0.39, 0.29) is 18.0 Å². The number of carbonyl (C=O) groups is 2. The van der Waals surface area contributed by atoms with Crippen LogP contribution in [0.15, 0.2) is 6.20 Å². The Kier molecular flexibility index (Phi) is 4.37. The molecule has 0 spiro atoms.